The Hall–Kier alpha value is -0.870. The van der Waals surface area contributed by atoms with E-state index < -0.39 is 0 Å². The molecule has 1 atom stereocenters. The molecule has 0 spiro atoms. The summed E-state index contributed by atoms with van der Waals surface area (Å²) < 4.78 is 0. The third kappa shape index (κ3) is 2.56. The molecular weight excluding hydrogens is 278 g/mol. The van der Waals surface area contributed by atoms with Crippen LogP contribution in [0, 0.1) is 0 Å². The van der Waals surface area contributed by atoms with E-state index in [9.17, 15) is 0 Å². The lowest BCUT2D eigenvalue weighted by atomic mass is 10.1. The van der Waals surface area contributed by atoms with Crippen LogP contribution in [0.5, 0.6) is 0 Å². The van der Waals surface area contributed by atoms with E-state index in [0.29, 0.717) is 11.3 Å². The normalized spacial score (nSPS) is 20.7. The first-order valence-electron chi connectivity index (χ1n) is 6.97. The highest BCUT2D eigenvalue weighted by molar-refractivity contribution is 7.16. The van der Waals surface area contributed by atoms with Crippen LogP contribution >= 0.6 is 22.9 Å². The molecule has 1 saturated heterocycles. The van der Waals surface area contributed by atoms with Gasteiger partial charge < -0.3 is 4.90 Å². The monoisotopic (exact) mass is 295 g/mol. The van der Waals surface area contributed by atoms with Crippen LogP contribution in [0.3, 0.4) is 0 Å². The van der Waals surface area contributed by atoms with E-state index in [0.717, 1.165) is 29.0 Å². The van der Waals surface area contributed by atoms with E-state index >= 15 is 0 Å². The minimum Gasteiger partial charge on any atom is -0.353 e. The molecule has 1 aliphatic rings. The molecule has 2 aromatic heterocycles. The van der Waals surface area contributed by atoms with Crippen LogP contribution in [-0.2, 0) is 0 Å². The molecule has 0 aliphatic carbocycles. The van der Waals surface area contributed by atoms with Crippen molar-refractivity contribution >= 4 is 39.0 Å². The lowest BCUT2D eigenvalue weighted by molar-refractivity contribution is 0.553. The fourth-order valence-electron chi connectivity index (χ4n) is 2.91. The van der Waals surface area contributed by atoms with Crippen molar-refractivity contribution in [2.24, 2.45) is 0 Å². The van der Waals surface area contributed by atoms with Crippen molar-refractivity contribution in [1.82, 2.24) is 9.97 Å². The van der Waals surface area contributed by atoms with Gasteiger partial charge in [-0.2, -0.15) is 4.98 Å². The molecule has 0 saturated carbocycles. The average molecular weight is 296 g/mol. The van der Waals surface area contributed by atoms with E-state index in [1.54, 1.807) is 11.3 Å². The maximum Gasteiger partial charge on any atom is 0.225 e. The fourth-order valence-corrected chi connectivity index (χ4v) is 3.89. The number of fused-ring (bicyclic) bond motifs is 1. The lowest BCUT2D eigenvalue weighted by Crippen LogP contribution is -2.35. The number of aromatic nitrogens is 2. The zero-order valence-electron chi connectivity index (χ0n) is 11.1. The quantitative estimate of drug-likeness (QED) is 0.764. The summed E-state index contributed by atoms with van der Waals surface area (Å²) in [6, 6.07) is 2.69. The molecular formula is C14H18ClN3S. The summed E-state index contributed by atoms with van der Waals surface area (Å²) in [4.78, 5) is 12.3. The molecule has 102 valence electrons. The van der Waals surface area contributed by atoms with Gasteiger partial charge in [-0.1, -0.05) is 19.8 Å². The van der Waals surface area contributed by atoms with E-state index in [-0.39, 0.29) is 0 Å². The van der Waals surface area contributed by atoms with Gasteiger partial charge >= 0.3 is 0 Å². The van der Waals surface area contributed by atoms with Crippen molar-refractivity contribution in [1.29, 1.82) is 0 Å². The number of thiophene rings is 1. The predicted octanol–water partition coefficient (Wildman–Crippen LogP) is 4.50. The molecule has 0 bridgehead atoms. The first-order valence-corrected chi connectivity index (χ1v) is 8.22. The van der Waals surface area contributed by atoms with Gasteiger partial charge in [0, 0.05) is 12.6 Å². The van der Waals surface area contributed by atoms with Gasteiger partial charge in [0.1, 0.15) is 10.6 Å². The van der Waals surface area contributed by atoms with Crippen LogP contribution < -0.4 is 4.90 Å². The second-order valence-corrected chi connectivity index (χ2v) is 6.29. The lowest BCUT2D eigenvalue weighted by Gasteiger charge is -2.30. The highest BCUT2D eigenvalue weighted by atomic mass is 35.5. The fraction of sp³-hybridized carbons (Fsp3) is 0.571. The van der Waals surface area contributed by atoms with Gasteiger partial charge in [-0.3, -0.25) is 0 Å². The molecule has 19 heavy (non-hydrogen) atoms. The number of anilines is 1. The molecule has 3 nitrogen and oxygen atoms in total. The summed E-state index contributed by atoms with van der Waals surface area (Å²) in [5, 5.41) is 3.58. The number of nitrogens with zero attached hydrogens (tertiary/aromatic N) is 3. The Bertz CT molecular complexity index is 569. The molecule has 2 aromatic rings. The van der Waals surface area contributed by atoms with Gasteiger partial charge in [-0.15, -0.1) is 11.3 Å². The molecule has 0 aromatic carbocycles. The van der Waals surface area contributed by atoms with E-state index in [1.165, 1.54) is 25.7 Å². The summed E-state index contributed by atoms with van der Waals surface area (Å²) in [7, 11) is 0. The molecule has 0 N–H and O–H groups in total. The number of halogens is 1. The van der Waals surface area contributed by atoms with Crippen LogP contribution in [0.2, 0.25) is 5.28 Å². The molecule has 0 amide bonds. The standard InChI is InChI=1S/C14H18ClN3S/c1-2-10-6-4-3-5-8-18(10)12-11-7-9-19-13(11)17-14(15)16-12/h7,9-10H,2-6,8H2,1H3. The second-order valence-electron chi connectivity index (χ2n) is 5.06. The van der Waals surface area contributed by atoms with Crippen molar-refractivity contribution < 1.29 is 0 Å². The van der Waals surface area contributed by atoms with Gasteiger partial charge in [-0.05, 0) is 42.3 Å². The molecule has 1 fully saturated rings. The van der Waals surface area contributed by atoms with Crippen molar-refractivity contribution in [3.05, 3.63) is 16.7 Å². The minimum atomic E-state index is 0.365. The van der Waals surface area contributed by atoms with Gasteiger partial charge in [0.05, 0.1) is 5.39 Å². The zero-order chi connectivity index (χ0) is 13.2. The van der Waals surface area contributed by atoms with Gasteiger partial charge in [0.2, 0.25) is 5.28 Å². The summed E-state index contributed by atoms with van der Waals surface area (Å²) in [6.45, 7) is 3.34. The minimum absolute atomic E-state index is 0.365. The number of rotatable bonds is 2. The molecule has 3 rings (SSSR count). The molecule has 1 aliphatic heterocycles. The maximum atomic E-state index is 6.09. The van der Waals surface area contributed by atoms with Crippen LogP contribution in [-0.4, -0.2) is 22.6 Å². The zero-order valence-corrected chi connectivity index (χ0v) is 12.7. The van der Waals surface area contributed by atoms with Gasteiger partial charge in [0.25, 0.3) is 0 Å². The Morgan fingerprint density at radius 2 is 2.26 bits per heavy atom. The first kappa shape index (κ1) is 13.1. The summed E-state index contributed by atoms with van der Waals surface area (Å²) in [5.74, 6) is 1.03. The van der Waals surface area contributed by atoms with Crippen molar-refractivity contribution in [3.8, 4) is 0 Å². The molecule has 1 unspecified atom stereocenters. The summed E-state index contributed by atoms with van der Waals surface area (Å²) >= 11 is 7.72. The Kier molecular flexibility index (Phi) is 3.89. The summed E-state index contributed by atoms with van der Waals surface area (Å²) in [5.41, 5.74) is 0. The largest absolute Gasteiger partial charge is 0.353 e. The van der Waals surface area contributed by atoms with E-state index in [2.05, 4.69) is 33.2 Å². The smallest absolute Gasteiger partial charge is 0.225 e. The Balaban J connectivity index is 2.07. The van der Waals surface area contributed by atoms with E-state index in [1.807, 2.05) is 0 Å². The van der Waals surface area contributed by atoms with E-state index in [4.69, 9.17) is 11.6 Å². The second kappa shape index (κ2) is 5.63. The molecule has 0 radical (unpaired) electrons. The summed E-state index contributed by atoms with van der Waals surface area (Å²) in [6.07, 6.45) is 6.29. The SMILES string of the molecule is CCC1CCCCCN1c1nc(Cl)nc2sccc12. The highest BCUT2D eigenvalue weighted by Gasteiger charge is 2.23. The Morgan fingerprint density at radius 3 is 3.11 bits per heavy atom. The van der Waals surface area contributed by atoms with Gasteiger partial charge in [0.15, 0.2) is 0 Å². The number of hydrogen-bond acceptors (Lipinski definition) is 4. The highest BCUT2D eigenvalue weighted by Crippen LogP contribution is 2.33. The third-order valence-electron chi connectivity index (χ3n) is 3.90. The van der Waals surface area contributed by atoms with Crippen molar-refractivity contribution in [2.45, 2.75) is 45.1 Å². The van der Waals surface area contributed by atoms with Crippen molar-refractivity contribution in [3.63, 3.8) is 0 Å². The Morgan fingerprint density at radius 1 is 1.37 bits per heavy atom. The van der Waals surface area contributed by atoms with Crippen LogP contribution in [0.1, 0.15) is 39.0 Å². The average Bonchev–Trinajstić information content (AvgIpc) is 2.74. The van der Waals surface area contributed by atoms with Gasteiger partial charge in [-0.25, -0.2) is 4.98 Å². The molecule has 3 heterocycles. The Labute approximate surface area is 122 Å². The van der Waals surface area contributed by atoms with Crippen LogP contribution in [0.15, 0.2) is 11.4 Å². The number of hydrogen-bond donors (Lipinski definition) is 0. The van der Waals surface area contributed by atoms with Crippen LogP contribution in [0.4, 0.5) is 5.82 Å². The first-order chi connectivity index (χ1) is 9.29. The topological polar surface area (TPSA) is 29.0 Å². The van der Waals surface area contributed by atoms with Crippen molar-refractivity contribution in [2.75, 3.05) is 11.4 Å². The third-order valence-corrected chi connectivity index (χ3v) is 4.87. The van der Waals surface area contributed by atoms with Crippen LogP contribution in [0.25, 0.3) is 10.2 Å². The molecule has 5 heteroatoms. The predicted molar refractivity (Wildman–Crippen MR) is 82.3 cm³/mol. The maximum absolute atomic E-state index is 6.09.